The minimum Gasteiger partial charge on any atom is -0.457 e. The average Bonchev–Trinajstić information content (AvgIpc) is 3.18. The van der Waals surface area contributed by atoms with Gasteiger partial charge in [-0.05, 0) is 62.2 Å². The van der Waals surface area contributed by atoms with Crippen molar-refractivity contribution >= 4 is 17.4 Å². The smallest absolute Gasteiger partial charge is 0.243 e. The van der Waals surface area contributed by atoms with E-state index < -0.39 is 0 Å². The Kier molecular flexibility index (Phi) is 6.55. The van der Waals surface area contributed by atoms with Crippen molar-refractivity contribution in [3.8, 4) is 11.5 Å². The summed E-state index contributed by atoms with van der Waals surface area (Å²) < 4.78 is 5.88. The SMILES string of the molecule is C/C=C/C(=O)NCCCC1N=C(c2ccc(Oc3ccccc3)cc2)c2c(N)ncnc21. The molecule has 1 unspecified atom stereocenters. The van der Waals surface area contributed by atoms with Gasteiger partial charge in [0, 0.05) is 12.1 Å². The van der Waals surface area contributed by atoms with E-state index >= 15 is 0 Å². The first-order valence-electron chi connectivity index (χ1n) is 10.6. The first-order chi connectivity index (χ1) is 15.7. The lowest BCUT2D eigenvalue weighted by atomic mass is 10.0. The molecule has 0 bridgehead atoms. The Morgan fingerprint density at radius 3 is 2.59 bits per heavy atom. The molecular formula is C25H25N5O2. The third kappa shape index (κ3) is 4.83. The van der Waals surface area contributed by atoms with Gasteiger partial charge in [0.15, 0.2) is 0 Å². The van der Waals surface area contributed by atoms with Crippen LogP contribution in [-0.2, 0) is 4.79 Å². The monoisotopic (exact) mass is 427 g/mol. The molecule has 1 atom stereocenters. The van der Waals surface area contributed by atoms with Crippen molar-refractivity contribution in [3.05, 3.63) is 89.9 Å². The summed E-state index contributed by atoms with van der Waals surface area (Å²) in [5.41, 5.74) is 9.53. The van der Waals surface area contributed by atoms with Crippen LogP contribution >= 0.6 is 0 Å². The van der Waals surface area contributed by atoms with Gasteiger partial charge in [-0.15, -0.1) is 0 Å². The third-order valence-corrected chi connectivity index (χ3v) is 5.12. The number of hydrogen-bond acceptors (Lipinski definition) is 6. The number of allylic oxidation sites excluding steroid dienone is 1. The van der Waals surface area contributed by atoms with Crippen LogP contribution in [0.4, 0.5) is 5.82 Å². The Morgan fingerprint density at radius 1 is 1.09 bits per heavy atom. The first kappa shape index (κ1) is 21.2. The van der Waals surface area contributed by atoms with E-state index in [0.717, 1.165) is 46.9 Å². The number of carbonyl (C=O) groups is 1. The van der Waals surface area contributed by atoms with Crippen LogP contribution in [-0.4, -0.2) is 28.1 Å². The normalized spacial score (nSPS) is 14.8. The second-order valence-electron chi connectivity index (χ2n) is 7.39. The number of amides is 1. The summed E-state index contributed by atoms with van der Waals surface area (Å²) in [5, 5.41) is 2.87. The maximum absolute atomic E-state index is 11.6. The Labute approximate surface area is 187 Å². The first-order valence-corrected chi connectivity index (χ1v) is 10.6. The van der Waals surface area contributed by atoms with Crippen LogP contribution in [0.15, 0.2) is 78.1 Å². The number of nitrogens with one attached hydrogen (secondary N) is 1. The summed E-state index contributed by atoms with van der Waals surface area (Å²) in [6.07, 6.45) is 6.23. The minimum absolute atomic E-state index is 0.0899. The van der Waals surface area contributed by atoms with E-state index in [4.69, 9.17) is 15.5 Å². The van der Waals surface area contributed by atoms with Gasteiger partial charge in [-0.3, -0.25) is 9.79 Å². The maximum Gasteiger partial charge on any atom is 0.243 e. The van der Waals surface area contributed by atoms with E-state index in [1.807, 2.05) is 61.5 Å². The van der Waals surface area contributed by atoms with Gasteiger partial charge in [0.1, 0.15) is 23.6 Å². The Balaban J connectivity index is 1.50. The number of nitrogens with zero attached hydrogens (tertiary/aromatic N) is 3. The highest BCUT2D eigenvalue weighted by molar-refractivity contribution is 6.17. The Morgan fingerprint density at radius 2 is 1.84 bits per heavy atom. The van der Waals surface area contributed by atoms with Gasteiger partial charge in [-0.2, -0.15) is 0 Å². The molecule has 2 aromatic carbocycles. The van der Waals surface area contributed by atoms with Crippen LogP contribution < -0.4 is 15.8 Å². The maximum atomic E-state index is 11.6. The van der Waals surface area contributed by atoms with Crippen molar-refractivity contribution in [2.45, 2.75) is 25.8 Å². The van der Waals surface area contributed by atoms with Gasteiger partial charge >= 0.3 is 0 Å². The Hall–Kier alpha value is -4.00. The highest BCUT2D eigenvalue weighted by Crippen LogP contribution is 2.36. The van der Waals surface area contributed by atoms with Gasteiger partial charge in [0.05, 0.1) is 23.0 Å². The lowest BCUT2D eigenvalue weighted by Crippen LogP contribution is -2.22. The fraction of sp³-hybridized carbons (Fsp3) is 0.200. The lowest BCUT2D eigenvalue weighted by molar-refractivity contribution is -0.116. The van der Waals surface area contributed by atoms with Gasteiger partial charge in [-0.25, -0.2) is 9.97 Å². The van der Waals surface area contributed by atoms with Crippen LogP contribution in [0.2, 0.25) is 0 Å². The van der Waals surface area contributed by atoms with E-state index in [-0.39, 0.29) is 11.9 Å². The average molecular weight is 428 g/mol. The highest BCUT2D eigenvalue weighted by atomic mass is 16.5. The molecule has 7 heteroatoms. The molecule has 4 rings (SSSR count). The van der Waals surface area contributed by atoms with E-state index in [2.05, 4.69) is 15.3 Å². The molecule has 0 saturated carbocycles. The minimum atomic E-state index is -0.121. The molecule has 0 saturated heterocycles. The number of ether oxygens (including phenoxy) is 1. The zero-order valence-electron chi connectivity index (χ0n) is 17.9. The van der Waals surface area contributed by atoms with Crippen molar-refractivity contribution in [1.29, 1.82) is 0 Å². The molecule has 0 spiro atoms. The molecule has 1 aromatic heterocycles. The second kappa shape index (κ2) is 9.87. The number of nitrogen functional groups attached to an aromatic ring is 1. The predicted octanol–water partition coefficient (Wildman–Crippen LogP) is 4.22. The molecule has 0 fully saturated rings. The van der Waals surface area contributed by atoms with E-state index in [0.29, 0.717) is 12.4 Å². The predicted molar refractivity (Wildman–Crippen MR) is 125 cm³/mol. The molecule has 162 valence electrons. The fourth-order valence-corrected chi connectivity index (χ4v) is 3.63. The summed E-state index contributed by atoms with van der Waals surface area (Å²) in [6.45, 7) is 2.39. The van der Waals surface area contributed by atoms with Crippen LogP contribution in [0.5, 0.6) is 11.5 Å². The number of fused-ring (bicyclic) bond motifs is 1. The van der Waals surface area contributed by atoms with Gasteiger partial charge in [0.25, 0.3) is 0 Å². The number of nitrogens with two attached hydrogens (primary N) is 1. The molecule has 3 N–H and O–H groups in total. The molecule has 3 aromatic rings. The number of aliphatic imine (C=N–C) groups is 1. The molecule has 32 heavy (non-hydrogen) atoms. The molecule has 0 radical (unpaired) electrons. The third-order valence-electron chi connectivity index (χ3n) is 5.12. The fourth-order valence-electron chi connectivity index (χ4n) is 3.63. The number of benzene rings is 2. The van der Waals surface area contributed by atoms with Crippen LogP contribution in [0.1, 0.15) is 42.6 Å². The largest absolute Gasteiger partial charge is 0.457 e. The van der Waals surface area contributed by atoms with Crippen molar-refractivity contribution in [2.24, 2.45) is 4.99 Å². The summed E-state index contributed by atoms with van der Waals surface area (Å²) in [6, 6.07) is 17.3. The molecular weight excluding hydrogens is 402 g/mol. The van der Waals surface area contributed by atoms with Crippen molar-refractivity contribution in [1.82, 2.24) is 15.3 Å². The van der Waals surface area contributed by atoms with Gasteiger partial charge in [-0.1, -0.05) is 24.3 Å². The number of hydrogen-bond donors (Lipinski definition) is 2. The van der Waals surface area contributed by atoms with Crippen molar-refractivity contribution in [3.63, 3.8) is 0 Å². The Bertz CT molecular complexity index is 1140. The standard InChI is InChI=1S/C25H25N5O2/c1-2-7-21(31)27-15-6-10-20-24-22(25(26)29-16-28-24)23(30-20)17-11-13-19(14-12-17)32-18-8-4-3-5-9-18/h2-5,7-9,11-14,16,20H,6,10,15H2,1H3,(H,27,31)(H2,26,28,29)/b7-2+. The zero-order valence-corrected chi connectivity index (χ0v) is 17.9. The zero-order chi connectivity index (χ0) is 22.3. The highest BCUT2D eigenvalue weighted by Gasteiger charge is 2.29. The molecule has 0 aliphatic carbocycles. The van der Waals surface area contributed by atoms with Crippen molar-refractivity contribution < 1.29 is 9.53 Å². The van der Waals surface area contributed by atoms with Gasteiger partial charge in [0.2, 0.25) is 5.91 Å². The molecule has 2 heterocycles. The molecule has 7 nitrogen and oxygen atoms in total. The molecule has 1 amide bonds. The van der Waals surface area contributed by atoms with Crippen molar-refractivity contribution in [2.75, 3.05) is 12.3 Å². The number of para-hydroxylation sites is 1. The number of rotatable bonds is 8. The quantitative estimate of drug-likeness (QED) is 0.414. The lowest BCUT2D eigenvalue weighted by Gasteiger charge is -2.09. The second-order valence-corrected chi connectivity index (χ2v) is 7.39. The van der Waals surface area contributed by atoms with Gasteiger partial charge < -0.3 is 15.8 Å². The van der Waals surface area contributed by atoms with E-state index in [1.165, 1.54) is 12.4 Å². The van der Waals surface area contributed by atoms with E-state index in [1.54, 1.807) is 6.08 Å². The number of anilines is 1. The van der Waals surface area contributed by atoms with Crippen LogP contribution in [0.25, 0.3) is 0 Å². The number of aromatic nitrogens is 2. The van der Waals surface area contributed by atoms with Crippen LogP contribution in [0, 0.1) is 0 Å². The summed E-state index contributed by atoms with van der Waals surface area (Å²) in [7, 11) is 0. The topological polar surface area (TPSA) is 102 Å². The molecule has 1 aliphatic rings. The van der Waals surface area contributed by atoms with E-state index in [9.17, 15) is 4.79 Å². The summed E-state index contributed by atoms with van der Waals surface area (Å²) >= 11 is 0. The van der Waals surface area contributed by atoms with Crippen LogP contribution in [0.3, 0.4) is 0 Å². The summed E-state index contributed by atoms with van der Waals surface area (Å²) in [5.74, 6) is 1.85. The summed E-state index contributed by atoms with van der Waals surface area (Å²) in [4.78, 5) is 25.1. The number of carbonyl (C=O) groups excluding carboxylic acids is 1. The molecule has 1 aliphatic heterocycles.